The Bertz CT molecular complexity index is 1210. The fourth-order valence-electron chi connectivity index (χ4n) is 2.44. The van der Waals surface area contributed by atoms with E-state index in [1.165, 1.54) is 35.3 Å². The molecule has 0 unspecified atom stereocenters. The number of fused-ring (bicyclic) bond motifs is 1. The van der Waals surface area contributed by atoms with E-state index in [1.54, 1.807) is 6.07 Å². The lowest BCUT2D eigenvalue weighted by molar-refractivity contribution is 0.144. The van der Waals surface area contributed by atoms with Crippen LogP contribution in [-0.4, -0.2) is 31.0 Å². The molecule has 0 atom stereocenters. The van der Waals surface area contributed by atoms with Crippen LogP contribution >= 0.6 is 23.2 Å². The fourth-order valence-corrected chi connectivity index (χ4v) is 2.80. The topological polar surface area (TPSA) is 102 Å². The van der Waals surface area contributed by atoms with Gasteiger partial charge in [-0.15, -0.1) is 0 Å². The van der Waals surface area contributed by atoms with Crippen molar-refractivity contribution in [2.75, 3.05) is 0 Å². The Kier molecular flexibility index (Phi) is 4.54. The minimum Gasteiger partial charge on any atom is -0.453 e. The number of ether oxygens (including phenoxy) is 2. The van der Waals surface area contributed by atoms with Crippen LogP contribution in [0.5, 0.6) is 17.2 Å². The molecule has 0 aliphatic rings. The molecule has 2 aromatic carbocycles. The van der Waals surface area contributed by atoms with Crippen molar-refractivity contribution in [3.63, 3.8) is 0 Å². The highest BCUT2D eigenvalue weighted by molar-refractivity contribution is 6.32. The number of halogens is 3. The van der Waals surface area contributed by atoms with Crippen LogP contribution in [-0.2, 0) is 0 Å². The molecule has 0 aliphatic heterocycles. The molecule has 8 nitrogen and oxygen atoms in total. The average molecular weight is 423 g/mol. The Morgan fingerprint density at radius 1 is 1.21 bits per heavy atom. The zero-order chi connectivity index (χ0) is 19.8. The number of nitrogens with zero attached hydrogens (tertiary/aromatic N) is 3. The SMILES string of the molecule is O=C(O)Oc1cnn(-c2nc3cc(Oc4ccc(Cl)cc4F)c(Cl)cc3[nH]2)c1. The van der Waals surface area contributed by atoms with E-state index in [4.69, 9.17) is 33.0 Å². The van der Waals surface area contributed by atoms with Crippen molar-refractivity contribution in [2.45, 2.75) is 0 Å². The number of hydrogen-bond donors (Lipinski definition) is 2. The van der Waals surface area contributed by atoms with Crippen LogP contribution in [0.2, 0.25) is 10.0 Å². The van der Waals surface area contributed by atoms with Gasteiger partial charge in [0.05, 0.1) is 28.4 Å². The van der Waals surface area contributed by atoms with E-state index in [9.17, 15) is 9.18 Å². The van der Waals surface area contributed by atoms with Crippen molar-refractivity contribution in [2.24, 2.45) is 0 Å². The van der Waals surface area contributed by atoms with Crippen LogP contribution in [0.1, 0.15) is 0 Å². The van der Waals surface area contributed by atoms with Gasteiger partial charge in [-0.1, -0.05) is 23.2 Å². The minimum atomic E-state index is -1.45. The van der Waals surface area contributed by atoms with Gasteiger partial charge >= 0.3 is 6.16 Å². The second kappa shape index (κ2) is 7.02. The summed E-state index contributed by atoms with van der Waals surface area (Å²) < 4.78 is 25.3. The molecule has 0 bridgehead atoms. The molecule has 0 saturated carbocycles. The van der Waals surface area contributed by atoms with Gasteiger partial charge in [-0.2, -0.15) is 5.10 Å². The van der Waals surface area contributed by atoms with Gasteiger partial charge < -0.3 is 19.6 Å². The number of benzene rings is 2. The van der Waals surface area contributed by atoms with Crippen LogP contribution in [0.15, 0.2) is 42.7 Å². The van der Waals surface area contributed by atoms with E-state index in [-0.39, 0.29) is 27.3 Å². The summed E-state index contributed by atoms with van der Waals surface area (Å²) in [6.07, 6.45) is 1.12. The smallest absolute Gasteiger partial charge is 0.453 e. The molecule has 0 spiro atoms. The Hall–Kier alpha value is -3.30. The highest BCUT2D eigenvalue weighted by atomic mass is 35.5. The van der Waals surface area contributed by atoms with Crippen LogP contribution in [0, 0.1) is 5.82 Å². The number of aromatic nitrogens is 4. The Balaban J connectivity index is 1.67. The van der Waals surface area contributed by atoms with E-state index >= 15 is 0 Å². The molecule has 0 radical (unpaired) electrons. The normalized spacial score (nSPS) is 11.0. The first-order valence-electron chi connectivity index (χ1n) is 7.67. The molecule has 11 heteroatoms. The maximum Gasteiger partial charge on any atom is 0.511 e. The molecule has 142 valence electrons. The number of H-pyrrole nitrogens is 1. The number of hydrogen-bond acceptors (Lipinski definition) is 5. The number of nitrogens with one attached hydrogen (secondary N) is 1. The lowest BCUT2D eigenvalue weighted by atomic mass is 10.3. The number of rotatable bonds is 4. The Morgan fingerprint density at radius 2 is 2.04 bits per heavy atom. The van der Waals surface area contributed by atoms with Gasteiger partial charge in [0, 0.05) is 11.1 Å². The first-order valence-corrected chi connectivity index (χ1v) is 8.42. The van der Waals surface area contributed by atoms with Gasteiger partial charge in [0.2, 0.25) is 5.95 Å². The van der Waals surface area contributed by atoms with Crippen molar-refractivity contribution in [1.29, 1.82) is 0 Å². The predicted molar refractivity (Wildman–Crippen MR) is 98.4 cm³/mol. The highest BCUT2D eigenvalue weighted by Crippen LogP contribution is 2.34. The third-order valence-corrected chi connectivity index (χ3v) is 4.15. The summed E-state index contributed by atoms with van der Waals surface area (Å²) in [5.41, 5.74) is 1.04. The van der Waals surface area contributed by atoms with E-state index in [2.05, 4.69) is 19.8 Å². The first kappa shape index (κ1) is 18.1. The monoisotopic (exact) mass is 422 g/mol. The third-order valence-electron chi connectivity index (χ3n) is 3.62. The molecule has 2 N–H and O–H groups in total. The zero-order valence-electron chi connectivity index (χ0n) is 13.7. The number of imidazole rings is 1. The van der Waals surface area contributed by atoms with Crippen molar-refractivity contribution >= 4 is 40.4 Å². The lowest BCUT2D eigenvalue weighted by Crippen LogP contribution is -2.02. The second-order valence-electron chi connectivity index (χ2n) is 5.53. The third kappa shape index (κ3) is 3.57. The van der Waals surface area contributed by atoms with Gasteiger partial charge in [0.1, 0.15) is 5.75 Å². The van der Waals surface area contributed by atoms with Gasteiger partial charge in [-0.25, -0.2) is 18.9 Å². The predicted octanol–water partition coefficient (Wildman–Crippen LogP) is 5.04. The van der Waals surface area contributed by atoms with E-state index < -0.39 is 12.0 Å². The summed E-state index contributed by atoms with van der Waals surface area (Å²) in [6.45, 7) is 0. The number of carbonyl (C=O) groups is 1. The van der Waals surface area contributed by atoms with Gasteiger partial charge in [-0.3, -0.25) is 0 Å². The quantitative estimate of drug-likeness (QED) is 0.446. The molecule has 0 amide bonds. The van der Waals surface area contributed by atoms with Gasteiger partial charge in [0.15, 0.2) is 17.3 Å². The summed E-state index contributed by atoms with van der Waals surface area (Å²) in [4.78, 5) is 17.9. The van der Waals surface area contributed by atoms with Gasteiger partial charge in [-0.05, 0) is 24.3 Å². The Labute approximate surface area is 166 Å². The van der Waals surface area contributed by atoms with Crippen molar-refractivity contribution in [3.8, 4) is 23.2 Å². The van der Waals surface area contributed by atoms with Crippen molar-refractivity contribution < 1.29 is 23.8 Å². The lowest BCUT2D eigenvalue weighted by Gasteiger charge is -2.08. The maximum atomic E-state index is 14.0. The van der Waals surface area contributed by atoms with Crippen molar-refractivity contribution in [1.82, 2.24) is 19.7 Å². The molecule has 2 heterocycles. The fraction of sp³-hybridized carbons (Fsp3) is 0. The summed E-state index contributed by atoms with van der Waals surface area (Å²) in [5, 5.41) is 13.1. The summed E-state index contributed by atoms with van der Waals surface area (Å²) in [5.74, 6) is -0.143. The largest absolute Gasteiger partial charge is 0.511 e. The summed E-state index contributed by atoms with van der Waals surface area (Å²) in [7, 11) is 0. The van der Waals surface area contributed by atoms with E-state index in [0.717, 1.165) is 6.07 Å². The van der Waals surface area contributed by atoms with Gasteiger partial charge in [0.25, 0.3) is 0 Å². The molecular formula is C17H9Cl2FN4O4. The van der Waals surface area contributed by atoms with Crippen LogP contribution in [0.4, 0.5) is 9.18 Å². The first-order chi connectivity index (χ1) is 13.4. The van der Waals surface area contributed by atoms with Crippen molar-refractivity contribution in [3.05, 3.63) is 58.6 Å². The van der Waals surface area contributed by atoms with Crippen LogP contribution in [0.3, 0.4) is 0 Å². The Morgan fingerprint density at radius 3 is 2.79 bits per heavy atom. The molecule has 0 fully saturated rings. The second-order valence-corrected chi connectivity index (χ2v) is 6.37. The zero-order valence-corrected chi connectivity index (χ0v) is 15.2. The summed E-state index contributed by atoms with van der Waals surface area (Å²) >= 11 is 12.0. The van der Waals surface area contributed by atoms with Crippen LogP contribution < -0.4 is 9.47 Å². The van der Waals surface area contributed by atoms with E-state index in [1.807, 2.05) is 0 Å². The molecule has 28 heavy (non-hydrogen) atoms. The molecule has 0 aliphatic carbocycles. The maximum absolute atomic E-state index is 14.0. The molecule has 0 saturated heterocycles. The number of carboxylic acid groups (broad SMARTS) is 1. The van der Waals surface area contributed by atoms with E-state index in [0.29, 0.717) is 17.0 Å². The molecule has 4 rings (SSSR count). The number of aromatic amines is 1. The minimum absolute atomic E-state index is 0.0354. The average Bonchev–Trinajstić information content (AvgIpc) is 3.23. The molecule has 2 aromatic heterocycles. The molecule has 4 aromatic rings. The molecular weight excluding hydrogens is 414 g/mol. The standard InChI is InChI=1S/C17H9Cl2FN4O4/c18-8-1-2-14(11(20)3-8)28-15-5-13-12(4-10(15)19)22-16(23-13)24-7-9(6-21-24)27-17(25)26/h1-7H,(H,22,23)(H,25,26). The van der Waals surface area contributed by atoms with Crippen LogP contribution in [0.25, 0.3) is 17.0 Å². The summed E-state index contributed by atoms with van der Waals surface area (Å²) in [6, 6.07) is 7.11. The highest BCUT2D eigenvalue weighted by Gasteiger charge is 2.14.